The van der Waals surface area contributed by atoms with Gasteiger partial charge in [-0.3, -0.25) is 4.57 Å². The van der Waals surface area contributed by atoms with Crippen molar-refractivity contribution in [3.8, 4) is 5.82 Å². The zero-order valence-electron chi connectivity index (χ0n) is 9.23. The smallest absolute Gasteiger partial charge is 0.222 e. The molecule has 0 aliphatic heterocycles. The van der Waals surface area contributed by atoms with Crippen LogP contribution in [0.15, 0.2) is 17.0 Å². The van der Waals surface area contributed by atoms with Gasteiger partial charge in [-0.2, -0.15) is 4.98 Å². The van der Waals surface area contributed by atoms with Gasteiger partial charge in [0.05, 0.1) is 10.2 Å². The lowest BCUT2D eigenvalue weighted by atomic mass is 10.0. The van der Waals surface area contributed by atoms with E-state index in [1.807, 2.05) is 10.9 Å². The molecule has 0 unspecified atom stereocenters. The van der Waals surface area contributed by atoms with E-state index in [0.29, 0.717) is 0 Å². The van der Waals surface area contributed by atoms with Gasteiger partial charge in [-0.25, -0.2) is 9.97 Å². The summed E-state index contributed by atoms with van der Waals surface area (Å²) in [6, 6.07) is 0. The maximum absolute atomic E-state index is 5.63. The number of aryl methyl sites for hydroxylation is 1. The van der Waals surface area contributed by atoms with Crippen LogP contribution in [0.2, 0.25) is 0 Å². The Balaban J connectivity index is 2.15. The summed E-state index contributed by atoms with van der Waals surface area (Å²) in [6.45, 7) is 0. The number of hydrogen-bond donors (Lipinski definition) is 1. The van der Waals surface area contributed by atoms with E-state index in [2.05, 4.69) is 30.9 Å². The highest BCUT2D eigenvalue weighted by molar-refractivity contribution is 9.10. The third kappa shape index (κ3) is 1.82. The number of hydrogen-bond acceptors (Lipinski definition) is 4. The van der Waals surface area contributed by atoms with Gasteiger partial charge in [0.2, 0.25) is 5.95 Å². The van der Waals surface area contributed by atoms with Crippen molar-refractivity contribution in [2.45, 2.75) is 25.7 Å². The van der Waals surface area contributed by atoms with E-state index in [1.54, 1.807) is 6.20 Å². The Morgan fingerprint density at radius 1 is 1.24 bits per heavy atom. The van der Waals surface area contributed by atoms with E-state index in [-0.39, 0.29) is 5.95 Å². The maximum Gasteiger partial charge on any atom is 0.222 e. The van der Waals surface area contributed by atoms with E-state index in [0.717, 1.165) is 23.1 Å². The minimum atomic E-state index is 0.279. The van der Waals surface area contributed by atoms with Gasteiger partial charge in [0.1, 0.15) is 6.33 Å². The number of nitrogen functional groups attached to an aromatic ring is 1. The monoisotopic (exact) mass is 293 g/mol. The molecule has 0 atom stereocenters. The molecule has 0 amide bonds. The summed E-state index contributed by atoms with van der Waals surface area (Å²) >= 11 is 3.45. The molecule has 5 nitrogen and oxygen atoms in total. The number of rotatable bonds is 1. The SMILES string of the molecule is Nc1ncc(Br)c(-n2cnc3c2CCCC3)n1. The second kappa shape index (κ2) is 4.10. The fraction of sp³-hybridized carbons (Fsp3) is 0.364. The normalized spacial score (nSPS) is 14.6. The number of nitrogens with two attached hydrogens (primary N) is 1. The number of halogens is 1. The maximum atomic E-state index is 5.63. The van der Waals surface area contributed by atoms with Crippen molar-refractivity contribution < 1.29 is 0 Å². The second-order valence-electron chi connectivity index (χ2n) is 4.11. The fourth-order valence-corrected chi connectivity index (χ4v) is 2.57. The van der Waals surface area contributed by atoms with Crippen LogP contribution in [0.3, 0.4) is 0 Å². The zero-order valence-corrected chi connectivity index (χ0v) is 10.8. The lowest BCUT2D eigenvalue weighted by molar-refractivity contribution is 0.653. The van der Waals surface area contributed by atoms with E-state index in [9.17, 15) is 0 Å². The number of aromatic nitrogens is 4. The number of nitrogens with zero attached hydrogens (tertiary/aromatic N) is 4. The Morgan fingerprint density at radius 3 is 2.94 bits per heavy atom. The molecule has 2 N–H and O–H groups in total. The summed E-state index contributed by atoms with van der Waals surface area (Å²) in [6.07, 6.45) is 8.02. The van der Waals surface area contributed by atoms with E-state index in [1.165, 1.54) is 24.2 Å². The molecule has 6 heteroatoms. The van der Waals surface area contributed by atoms with Crippen LogP contribution in [0.25, 0.3) is 5.82 Å². The second-order valence-corrected chi connectivity index (χ2v) is 4.97. The van der Waals surface area contributed by atoms with E-state index in [4.69, 9.17) is 5.73 Å². The Labute approximate surface area is 107 Å². The molecule has 2 aromatic rings. The molecule has 1 aliphatic rings. The highest BCUT2D eigenvalue weighted by Crippen LogP contribution is 2.25. The molecule has 0 fully saturated rings. The Hall–Kier alpha value is -1.43. The van der Waals surface area contributed by atoms with Gasteiger partial charge in [-0.15, -0.1) is 0 Å². The van der Waals surface area contributed by atoms with Crippen molar-refractivity contribution in [3.63, 3.8) is 0 Å². The van der Waals surface area contributed by atoms with Gasteiger partial charge in [-0.1, -0.05) is 0 Å². The highest BCUT2D eigenvalue weighted by Gasteiger charge is 2.18. The van der Waals surface area contributed by atoms with Crippen LogP contribution in [-0.2, 0) is 12.8 Å². The first kappa shape index (κ1) is 10.7. The Kier molecular flexibility index (Phi) is 2.58. The van der Waals surface area contributed by atoms with Crippen LogP contribution in [-0.4, -0.2) is 19.5 Å². The van der Waals surface area contributed by atoms with Gasteiger partial charge in [0.15, 0.2) is 5.82 Å². The first-order valence-corrected chi connectivity index (χ1v) is 6.38. The summed E-state index contributed by atoms with van der Waals surface area (Å²) < 4.78 is 2.84. The van der Waals surface area contributed by atoms with Crippen LogP contribution in [0.1, 0.15) is 24.2 Å². The average molecular weight is 294 g/mol. The van der Waals surface area contributed by atoms with Gasteiger partial charge in [0.25, 0.3) is 0 Å². The molecule has 0 radical (unpaired) electrons. The zero-order chi connectivity index (χ0) is 11.8. The summed E-state index contributed by atoms with van der Waals surface area (Å²) in [5.74, 6) is 1.05. The molecule has 17 heavy (non-hydrogen) atoms. The minimum absolute atomic E-state index is 0.279. The predicted molar refractivity (Wildman–Crippen MR) is 67.9 cm³/mol. The van der Waals surface area contributed by atoms with Crippen molar-refractivity contribution in [3.05, 3.63) is 28.4 Å². The van der Waals surface area contributed by atoms with Crippen molar-refractivity contribution in [2.24, 2.45) is 0 Å². The molecule has 2 heterocycles. The van der Waals surface area contributed by atoms with E-state index < -0.39 is 0 Å². The van der Waals surface area contributed by atoms with Gasteiger partial charge in [0, 0.05) is 11.9 Å². The topological polar surface area (TPSA) is 69.6 Å². The first-order valence-electron chi connectivity index (χ1n) is 5.59. The van der Waals surface area contributed by atoms with Gasteiger partial charge >= 0.3 is 0 Å². The highest BCUT2D eigenvalue weighted by atomic mass is 79.9. The van der Waals surface area contributed by atoms with Crippen molar-refractivity contribution >= 4 is 21.9 Å². The standard InChI is InChI=1S/C11H12BrN5/c12-7-5-14-11(13)16-10(7)17-6-15-8-3-1-2-4-9(8)17/h5-6H,1-4H2,(H2,13,14,16). The van der Waals surface area contributed by atoms with Crippen LogP contribution in [0.5, 0.6) is 0 Å². The van der Waals surface area contributed by atoms with Crippen molar-refractivity contribution in [2.75, 3.05) is 5.73 Å². The molecule has 3 rings (SSSR count). The third-order valence-electron chi connectivity index (χ3n) is 3.00. The fourth-order valence-electron chi connectivity index (χ4n) is 2.19. The van der Waals surface area contributed by atoms with Crippen molar-refractivity contribution in [1.82, 2.24) is 19.5 Å². The summed E-state index contributed by atoms with van der Waals surface area (Å²) in [5.41, 5.74) is 8.06. The van der Waals surface area contributed by atoms with Crippen LogP contribution in [0.4, 0.5) is 5.95 Å². The molecule has 1 aliphatic carbocycles. The Morgan fingerprint density at radius 2 is 2.06 bits per heavy atom. The lowest BCUT2D eigenvalue weighted by Crippen LogP contribution is -2.09. The summed E-state index contributed by atoms with van der Waals surface area (Å²) in [5, 5.41) is 0. The molecule has 2 aromatic heterocycles. The molecular weight excluding hydrogens is 282 g/mol. The van der Waals surface area contributed by atoms with Crippen molar-refractivity contribution in [1.29, 1.82) is 0 Å². The summed E-state index contributed by atoms with van der Waals surface area (Å²) in [7, 11) is 0. The molecule has 0 saturated heterocycles. The van der Waals surface area contributed by atoms with Crippen LogP contribution >= 0.6 is 15.9 Å². The number of imidazole rings is 1. The van der Waals surface area contributed by atoms with E-state index >= 15 is 0 Å². The molecule has 0 spiro atoms. The number of fused-ring (bicyclic) bond motifs is 1. The Bertz CT molecular complexity index is 563. The van der Waals surface area contributed by atoms with Gasteiger partial charge in [-0.05, 0) is 41.6 Å². The molecule has 0 saturated carbocycles. The number of anilines is 1. The van der Waals surface area contributed by atoms with Gasteiger partial charge < -0.3 is 5.73 Å². The largest absolute Gasteiger partial charge is 0.368 e. The average Bonchev–Trinajstić information content (AvgIpc) is 2.76. The minimum Gasteiger partial charge on any atom is -0.368 e. The first-order chi connectivity index (χ1) is 8.25. The van der Waals surface area contributed by atoms with Crippen LogP contribution < -0.4 is 5.73 Å². The lowest BCUT2D eigenvalue weighted by Gasteiger charge is -2.14. The molecule has 0 bridgehead atoms. The molecule has 88 valence electrons. The van der Waals surface area contributed by atoms with Crippen LogP contribution in [0, 0.1) is 0 Å². The molecule has 0 aromatic carbocycles. The quantitative estimate of drug-likeness (QED) is 0.872. The molecular formula is C11H12BrN5. The predicted octanol–water partition coefficient (Wildman–Crippen LogP) is 1.89. The third-order valence-corrected chi connectivity index (χ3v) is 3.56. The summed E-state index contributed by atoms with van der Waals surface area (Å²) in [4.78, 5) is 12.7.